The normalized spacial score (nSPS) is 23.1. The van der Waals surface area contributed by atoms with Crippen LogP contribution in [-0.4, -0.2) is 50.7 Å². The number of thiazole rings is 1. The van der Waals surface area contributed by atoms with Crippen molar-refractivity contribution in [1.82, 2.24) is 9.29 Å². The zero-order valence-electron chi connectivity index (χ0n) is 10.3. The predicted molar refractivity (Wildman–Crippen MR) is 73.9 cm³/mol. The standard InChI is InChI=1S/C9H13ClN2O4S3/c1-6-8(17-9(10)11-6)19(15,16)12(2)7-3-4-18(13,14)5-7/h7H,3-5H2,1-2H3. The van der Waals surface area contributed by atoms with Crippen molar-refractivity contribution in [3.63, 3.8) is 0 Å². The van der Waals surface area contributed by atoms with Crippen molar-refractivity contribution in [2.45, 2.75) is 23.6 Å². The molecule has 1 fully saturated rings. The molecule has 0 saturated carbocycles. The molecule has 0 amide bonds. The van der Waals surface area contributed by atoms with Crippen molar-refractivity contribution >= 4 is 42.8 Å². The summed E-state index contributed by atoms with van der Waals surface area (Å²) in [5.74, 6) is -0.103. The molecule has 1 aromatic heterocycles. The summed E-state index contributed by atoms with van der Waals surface area (Å²) >= 11 is 6.59. The number of aryl methyl sites for hydroxylation is 1. The van der Waals surface area contributed by atoms with Crippen LogP contribution in [0.3, 0.4) is 0 Å². The van der Waals surface area contributed by atoms with Crippen molar-refractivity contribution in [3.8, 4) is 0 Å². The molecule has 1 aliphatic rings. The number of aromatic nitrogens is 1. The monoisotopic (exact) mass is 344 g/mol. The number of sulfone groups is 1. The summed E-state index contributed by atoms with van der Waals surface area (Å²) in [6.07, 6.45) is 0.323. The first-order chi connectivity index (χ1) is 8.63. The summed E-state index contributed by atoms with van der Waals surface area (Å²) in [5, 5.41) is 0. The number of sulfonamides is 1. The predicted octanol–water partition coefficient (Wildman–Crippen LogP) is 0.913. The average molecular weight is 345 g/mol. The van der Waals surface area contributed by atoms with Crippen molar-refractivity contribution in [3.05, 3.63) is 10.2 Å². The van der Waals surface area contributed by atoms with Crippen LogP contribution in [0.1, 0.15) is 12.1 Å². The minimum atomic E-state index is -3.74. The fraction of sp³-hybridized carbons (Fsp3) is 0.667. The molecule has 0 aliphatic carbocycles. The summed E-state index contributed by atoms with van der Waals surface area (Å²) in [4.78, 5) is 3.87. The van der Waals surface area contributed by atoms with Crippen LogP contribution in [0.2, 0.25) is 4.47 Å². The summed E-state index contributed by atoms with van der Waals surface area (Å²) < 4.78 is 49.0. The van der Waals surface area contributed by atoms with Gasteiger partial charge in [0, 0.05) is 13.1 Å². The summed E-state index contributed by atoms with van der Waals surface area (Å²) in [5.41, 5.74) is 0.336. The molecule has 0 bridgehead atoms. The van der Waals surface area contributed by atoms with Gasteiger partial charge in [0.1, 0.15) is 0 Å². The number of rotatable bonds is 3. The number of hydrogen-bond acceptors (Lipinski definition) is 6. The zero-order chi connectivity index (χ0) is 14.4. The molecule has 108 valence electrons. The maximum Gasteiger partial charge on any atom is 0.254 e. The van der Waals surface area contributed by atoms with E-state index in [9.17, 15) is 16.8 Å². The molecule has 1 unspecified atom stereocenters. The van der Waals surface area contributed by atoms with Gasteiger partial charge in [-0.3, -0.25) is 0 Å². The van der Waals surface area contributed by atoms with Crippen LogP contribution in [0.15, 0.2) is 4.21 Å². The zero-order valence-corrected chi connectivity index (χ0v) is 13.5. The van der Waals surface area contributed by atoms with Gasteiger partial charge in [-0.2, -0.15) is 4.31 Å². The van der Waals surface area contributed by atoms with Gasteiger partial charge in [0.2, 0.25) is 0 Å². The van der Waals surface area contributed by atoms with Gasteiger partial charge in [0.25, 0.3) is 10.0 Å². The van der Waals surface area contributed by atoms with E-state index in [1.54, 1.807) is 6.92 Å². The second kappa shape index (κ2) is 4.96. The van der Waals surface area contributed by atoms with E-state index < -0.39 is 25.9 Å². The molecule has 0 radical (unpaired) electrons. The fourth-order valence-electron chi connectivity index (χ4n) is 1.98. The minimum absolute atomic E-state index is 0.0277. The van der Waals surface area contributed by atoms with E-state index in [-0.39, 0.29) is 20.2 Å². The SMILES string of the molecule is Cc1nc(Cl)sc1S(=O)(=O)N(C)C1CCS(=O)(=O)C1. The lowest BCUT2D eigenvalue weighted by Crippen LogP contribution is -2.37. The molecule has 2 heterocycles. The molecule has 0 spiro atoms. The van der Waals surface area contributed by atoms with E-state index in [1.165, 1.54) is 7.05 Å². The Morgan fingerprint density at radius 2 is 2.11 bits per heavy atom. The first-order valence-electron chi connectivity index (χ1n) is 5.45. The van der Waals surface area contributed by atoms with Crippen LogP contribution >= 0.6 is 22.9 Å². The Bertz CT molecular complexity index is 695. The van der Waals surface area contributed by atoms with Crippen LogP contribution in [0.5, 0.6) is 0 Å². The first-order valence-corrected chi connectivity index (χ1v) is 9.90. The molecule has 2 rings (SSSR count). The molecule has 6 nitrogen and oxygen atoms in total. The van der Waals surface area contributed by atoms with E-state index in [4.69, 9.17) is 11.6 Å². The van der Waals surface area contributed by atoms with Gasteiger partial charge in [0.05, 0.1) is 17.2 Å². The van der Waals surface area contributed by atoms with Gasteiger partial charge in [0.15, 0.2) is 18.5 Å². The van der Waals surface area contributed by atoms with Crippen molar-refractivity contribution in [2.75, 3.05) is 18.6 Å². The number of hydrogen-bond donors (Lipinski definition) is 0. The Morgan fingerprint density at radius 1 is 1.47 bits per heavy atom. The Labute approximate surface area is 121 Å². The van der Waals surface area contributed by atoms with Gasteiger partial charge < -0.3 is 0 Å². The van der Waals surface area contributed by atoms with E-state index in [0.29, 0.717) is 12.1 Å². The van der Waals surface area contributed by atoms with Crippen LogP contribution in [-0.2, 0) is 19.9 Å². The Kier molecular flexibility index (Phi) is 3.96. The van der Waals surface area contributed by atoms with E-state index in [1.807, 2.05) is 0 Å². The molecule has 0 N–H and O–H groups in total. The second-order valence-corrected chi connectivity index (χ2v) is 10.4. The summed E-state index contributed by atoms with van der Waals surface area (Å²) in [7, 11) is -5.48. The molecule has 0 aromatic carbocycles. The molecular formula is C9H13ClN2O4S3. The number of nitrogens with zero attached hydrogens (tertiary/aromatic N) is 2. The van der Waals surface area contributed by atoms with E-state index >= 15 is 0 Å². The third-order valence-electron chi connectivity index (χ3n) is 3.06. The van der Waals surface area contributed by atoms with Crippen molar-refractivity contribution in [2.24, 2.45) is 0 Å². The molecule has 1 saturated heterocycles. The molecule has 10 heteroatoms. The van der Waals surface area contributed by atoms with Gasteiger partial charge in [-0.1, -0.05) is 22.9 Å². The van der Waals surface area contributed by atoms with Gasteiger partial charge in [-0.05, 0) is 13.3 Å². The third kappa shape index (κ3) is 2.94. The highest BCUT2D eigenvalue weighted by Crippen LogP contribution is 2.31. The smallest absolute Gasteiger partial charge is 0.229 e. The first kappa shape index (κ1) is 15.2. The van der Waals surface area contributed by atoms with Crippen LogP contribution in [0, 0.1) is 6.92 Å². The summed E-state index contributed by atoms with van der Waals surface area (Å²) in [6, 6.07) is -0.518. The Morgan fingerprint density at radius 3 is 2.53 bits per heavy atom. The van der Waals surface area contributed by atoms with Crippen molar-refractivity contribution in [1.29, 1.82) is 0 Å². The highest BCUT2D eigenvalue weighted by molar-refractivity contribution is 7.92. The third-order valence-corrected chi connectivity index (χ3v) is 8.57. The highest BCUT2D eigenvalue weighted by Gasteiger charge is 2.37. The lowest BCUT2D eigenvalue weighted by atomic mass is 10.3. The lowest BCUT2D eigenvalue weighted by molar-refractivity contribution is 0.394. The molecule has 1 aliphatic heterocycles. The van der Waals surface area contributed by atoms with Gasteiger partial charge in [-0.15, -0.1) is 0 Å². The molecule has 1 atom stereocenters. The largest absolute Gasteiger partial charge is 0.254 e. The average Bonchev–Trinajstić information content (AvgIpc) is 2.80. The highest BCUT2D eigenvalue weighted by atomic mass is 35.5. The van der Waals surface area contributed by atoms with E-state index in [0.717, 1.165) is 15.6 Å². The minimum Gasteiger partial charge on any atom is -0.229 e. The van der Waals surface area contributed by atoms with Crippen LogP contribution in [0.25, 0.3) is 0 Å². The maximum absolute atomic E-state index is 12.4. The van der Waals surface area contributed by atoms with Gasteiger partial charge >= 0.3 is 0 Å². The fourth-order valence-corrected chi connectivity index (χ4v) is 7.14. The Hall–Kier alpha value is -0.220. The Balaban J connectivity index is 2.33. The summed E-state index contributed by atoms with van der Waals surface area (Å²) in [6.45, 7) is 1.56. The molecule has 19 heavy (non-hydrogen) atoms. The van der Waals surface area contributed by atoms with Crippen LogP contribution < -0.4 is 0 Å². The van der Waals surface area contributed by atoms with Crippen LogP contribution in [0.4, 0.5) is 0 Å². The number of halogens is 1. The molecule has 1 aromatic rings. The lowest BCUT2D eigenvalue weighted by Gasteiger charge is -2.21. The molecular weight excluding hydrogens is 332 g/mol. The quantitative estimate of drug-likeness (QED) is 0.813. The van der Waals surface area contributed by atoms with E-state index in [2.05, 4.69) is 4.98 Å². The topological polar surface area (TPSA) is 84.4 Å². The maximum atomic E-state index is 12.4. The second-order valence-electron chi connectivity index (χ2n) is 4.42. The van der Waals surface area contributed by atoms with Crippen molar-refractivity contribution < 1.29 is 16.8 Å². The van der Waals surface area contributed by atoms with Gasteiger partial charge in [-0.25, -0.2) is 21.8 Å².